The predicted molar refractivity (Wildman–Crippen MR) is 66.4 cm³/mol. The molecule has 3 rings (SSSR count). The maximum absolute atomic E-state index is 13.1. The normalized spacial score (nSPS) is 10.8. The van der Waals surface area contributed by atoms with Gasteiger partial charge in [-0.15, -0.1) is 0 Å². The van der Waals surface area contributed by atoms with Gasteiger partial charge in [-0.05, 0) is 31.2 Å². The van der Waals surface area contributed by atoms with E-state index in [1.54, 1.807) is 6.92 Å². The number of fused-ring (bicyclic) bond motifs is 1. The number of nitrogens with zero attached hydrogens (tertiary/aromatic N) is 2. The highest BCUT2D eigenvalue weighted by atomic mass is 19.1. The zero-order valence-electron chi connectivity index (χ0n) is 10.1. The molecule has 0 saturated heterocycles. The molecule has 4 nitrogen and oxygen atoms in total. The van der Waals surface area contributed by atoms with Gasteiger partial charge in [0.05, 0.1) is 5.69 Å². The highest BCUT2D eigenvalue weighted by molar-refractivity contribution is 6.08. The van der Waals surface area contributed by atoms with E-state index in [0.29, 0.717) is 16.7 Å². The van der Waals surface area contributed by atoms with Gasteiger partial charge in [-0.2, -0.15) is 0 Å². The standard InChI is InChI=1S/C14H9FN2O2/c1-8-13(17-5-4-16-8)14(18)12-7-9-6-10(15)2-3-11(9)19-12/h2-7H,1H3. The topological polar surface area (TPSA) is 56.0 Å². The molecular weight excluding hydrogens is 247 g/mol. The molecule has 0 N–H and O–H groups in total. The Morgan fingerprint density at radius 3 is 2.79 bits per heavy atom. The van der Waals surface area contributed by atoms with Crippen molar-refractivity contribution in [2.45, 2.75) is 6.92 Å². The number of aromatic nitrogens is 2. The summed E-state index contributed by atoms with van der Waals surface area (Å²) in [6.07, 6.45) is 2.96. The van der Waals surface area contributed by atoms with Crippen LogP contribution < -0.4 is 0 Å². The van der Waals surface area contributed by atoms with Crippen LogP contribution in [-0.4, -0.2) is 15.8 Å². The summed E-state index contributed by atoms with van der Waals surface area (Å²) >= 11 is 0. The maximum Gasteiger partial charge on any atom is 0.248 e. The van der Waals surface area contributed by atoms with Crippen LogP contribution in [0.1, 0.15) is 21.9 Å². The first-order valence-electron chi connectivity index (χ1n) is 5.66. The molecule has 2 aromatic heterocycles. The zero-order valence-corrected chi connectivity index (χ0v) is 10.1. The number of aryl methyl sites for hydroxylation is 1. The van der Waals surface area contributed by atoms with Gasteiger partial charge in [-0.3, -0.25) is 9.78 Å². The molecule has 0 fully saturated rings. The maximum atomic E-state index is 13.1. The highest BCUT2D eigenvalue weighted by Gasteiger charge is 2.18. The Morgan fingerprint density at radius 1 is 1.21 bits per heavy atom. The van der Waals surface area contributed by atoms with Crippen molar-refractivity contribution in [1.82, 2.24) is 9.97 Å². The summed E-state index contributed by atoms with van der Waals surface area (Å²) in [4.78, 5) is 20.2. The van der Waals surface area contributed by atoms with Crippen LogP contribution in [0.2, 0.25) is 0 Å². The Labute approximate surface area is 107 Å². The van der Waals surface area contributed by atoms with Crippen molar-refractivity contribution in [2.24, 2.45) is 0 Å². The molecule has 0 atom stereocenters. The van der Waals surface area contributed by atoms with Gasteiger partial charge in [0, 0.05) is 17.8 Å². The van der Waals surface area contributed by atoms with E-state index >= 15 is 0 Å². The lowest BCUT2D eigenvalue weighted by Crippen LogP contribution is -2.06. The van der Waals surface area contributed by atoms with Gasteiger partial charge in [0.1, 0.15) is 17.1 Å². The van der Waals surface area contributed by atoms with Crippen LogP contribution in [0.15, 0.2) is 41.1 Å². The van der Waals surface area contributed by atoms with Crippen LogP contribution in [0.4, 0.5) is 4.39 Å². The molecular formula is C14H9FN2O2. The number of ketones is 1. The van der Waals surface area contributed by atoms with Gasteiger partial charge in [-0.1, -0.05) is 0 Å². The van der Waals surface area contributed by atoms with Crippen LogP contribution >= 0.6 is 0 Å². The first-order chi connectivity index (χ1) is 9.15. The largest absolute Gasteiger partial charge is 0.453 e. The number of carbonyl (C=O) groups is 1. The SMILES string of the molecule is Cc1nccnc1C(=O)c1cc2cc(F)ccc2o1. The molecule has 0 unspecified atom stereocenters. The summed E-state index contributed by atoms with van der Waals surface area (Å²) in [5.41, 5.74) is 1.23. The lowest BCUT2D eigenvalue weighted by Gasteiger charge is -1.98. The number of hydrogen-bond acceptors (Lipinski definition) is 4. The number of hydrogen-bond donors (Lipinski definition) is 0. The Bertz CT molecular complexity index is 780. The molecule has 0 aliphatic rings. The Morgan fingerprint density at radius 2 is 2.00 bits per heavy atom. The first-order valence-corrected chi connectivity index (χ1v) is 5.66. The Balaban J connectivity index is 2.09. The van der Waals surface area contributed by atoms with Gasteiger partial charge in [0.25, 0.3) is 0 Å². The van der Waals surface area contributed by atoms with E-state index in [0.717, 1.165) is 0 Å². The number of furan rings is 1. The van der Waals surface area contributed by atoms with E-state index in [2.05, 4.69) is 9.97 Å². The smallest absolute Gasteiger partial charge is 0.248 e. The summed E-state index contributed by atoms with van der Waals surface area (Å²) in [5, 5.41) is 0.546. The molecule has 2 heterocycles. The average molecular weight is 256 g/mol. The Hall–Kier alpha value is -2.56. The van der Waals surface area contributed by atoms with Crippen LogP contribution in [-0.2, 0) is 0 Å². The molecule has 1 aromatic carbocycles. The second-order valence-electron chi connectivity index (χ2n) is 4.11. The third-order valence-corrected chi connectivity index (χ3v) is 2.80. The van der Waals surface area contributed by atoms with Crippen molar-refractivity contribution < 1.29 is 13.6 Å². The molecule has 0 saturated carbocycles. The van der Waals surface area contributed by atoms with Crippen molar-refractivity contribution in [2.75, 3.05) is 0 Å². The molecule has 5 heteroatoms. The summed E-state index contributed by atoms with van der Waals surface area (Å²) < 4.78 is 18.5. The molecule has 94 valence electrons. The minimum absolute atomic E-state index is 0.129. The van der Waals surface area contributed by atoms with E-state index in [9.17, 15) is 9.18 Å². The summed E-state index contributed by atoms with van der Waals surface area (Å²) in [5.74, 6) is -0.602. The van der Waals surface area contributed by atoms with Crippen molar-refractivity contribution in [1.29, 1.82) is 0 Å². The minimum Gasteiger partial charge on any atom is -0.453 e. The first kappa shape index (κ1) is 11.5. The second-order valence-corrected chi connectivity index (χ2v) is 4.11. The molecule has 3 aromatic rings. The Kier molecular flexibility index (Phi) is 2.59. The van der Waals surface area contributed by atoms with Crippen molar-refractivity contribution in [3.8, 4) is 0 Å². The molecule has 0 aliphatic heterocycles. The lowest BCUT2D eigenvalue weighted by molar-refractivity contribution is 0.101. The number of rotatable bonds is 2. The van der Waals surface area contributed by atoms with Gasteiger partial charge in [0.2, 0.25) is 5.78 Å². The summed E-state index contributed by atoms with van der Waals surface area (Å²) in [7, 11) is 0. The highest BCUT2D eigenvalue weighted by Crippen LogP contribution is 2.22. The fourth-order valence-corrected chi connectivity index (χ4v) is 1.87. The van der Waals surface area contributed by atoms with Crippen LogP contribution in [0.5, 0.6) is 0 Å². The predicted octanol–water partition coefficient (Wildman–Crippen LogP) is 2.90. The van der Waals surface area contributed by atoms with E-state index < -0.39 is 0 Å². The van der Waals surface area contributed by atoms with Crippen LogP contribution in [0.25, 0.3) is 11.0 Å². The fourth-order valence-electron chi connectivity index (χ4n) is 1.87. The van der Waals surface area contributed by atoms with E-state index in [1.807, 2.05) is 0 Å². The van der Waals surface area contributed by atoms with Crippen molar-refractivity contribution in [3.63, 3.8) is 0 Å². The molecule has 0 radical (unpaired) electrons. The van der Waals surface area contributed by atoms with E-state index in [-0.39, 0.29) is 23.1 Å². The molecule has 0 aliphatic carbocycles. The monoisotopic (exact) mass is 256 g/mol. The molecule has 0 bridgehead atoms. The molecule has 0 spiro atoms. The van der Waals surface area contributed by atoms with E-state index in [4.69, 9.17) is 4.42 Å². The quantitative estimate of drug-likeness (QED) is 0.661. The molecule has 19 heavy (non-hydrogen) atoms. The second kappa shape index (κ2) is 4.28. The molecule has 0 amide bonds. The summed E-state index contributed by atoms with van der Waals surface area (Å²) in [6, 6.07) is 5.60. The number of carbonyl (C=O) groups excluding carboxylic acids is 1. The van der Waals surface area contributed by atoms with Crippen LogP contribution in [0, 0.1) is 12.7 Å². The van der Waals surface area contributed by atoms with Gasteiger partial charge < -0.3 is 4.42 Å². The minimum atomic E-state index is -0.372. The van der Waals surface area contributed by atoms with E-state index in [1.165, 1.54) is 36.7 Å². The van der Waals surface area contributed by atoms with Gasteiger partial charge in [0.15, 0.2) is 5.76 Å². The summed E-state index contributed by atoms with van der Waals surface area (Å²) in [6.45, 7) is 1.70. The number of halogens is 1. The van der Waals surface area contributed by atoms with Gasteiger partial charge in [-0.25, -0.2) is 9.37 Å². The van der Waals surface area contributed by atoms with Gasteiger partial charge >= 0.3 is 0 Å². The van der Waals surface area contributed by atoms with Crippen molar-refractivity contribution in [3.05, 3.63) is 59.6 Å². The zero-order chi connectivity index (χ0) is 13.4. The lowest BCUT2D eigenvalue weighted by atomic mass is 10.1. The average Bonchev–Trinajstić information content (AvgIpc) is 2.81. The fraction of sp³-hybridized carbons (Fsp3) is 0.0714. The van der Waals surface area contributed by atoms with Crippen LogP contribution in [0.3, 0.4) is 0 Å². The third-order valence-electron chi connectivity index (χ3n) is 2.80. The number of benzene rings is 1. The third kappa shape index (κ3) is 1.99. The van der Waals surface area contributed by atoms with Crippen molar-refractivity contribution >= 4 is 16.8 Å².